The van der Waals surface area contributed by atoms with Gasteiger partial charge in [-0.25, -0.2) is 4.79 Å². The molecule has 0 atom stereocenters. The zero-order chi connectivity index (χ0) is 19.4. The Morgan fingerprint density at radius 1 is 1.07 bits per heavy atom. The van der Waals surface area contributed by atoms with Gasteiger partial charge < -0.3 is 19.8 Å². The minimum absolute atomic E-state index is 0.0185. The van der Waals surface area contributed by atoms with Crippen molar-refractivity contribution in [2.24, 2.45) is 0 Å². The first-order valence-electron chi connectivity index (χ1n) is 7.94. The standard InChI is InChI=1S/C19H15ClN2O5/c1-21-18(24)11-2-5-14(6-3-11)22-17(23)10-26-19(25)16-9-12-8-13(20)4-7-15(12)27-16/h2-9H,10H2,1H3,(H,21,24)(H,22,23). The van der Waals surface area contributed by atoms with E-state index < -0.39 is 18.5 Å². The Labute approximate surface area is 159 Å². The molecule has 2 aromatic carbocycles. The second kappa shape index (κ2) is 7.92. The molecule has 0 radical (unpaired) electrons. The molecule has 1 aromatic heterocycles. The highest BCUT2D eigenvalue weighted by Gasteiger charge is 2.16. The first-order chi connectivity index (χ1) is 13.0. The number of esters is 1. The molecule has 0 saturated carbocycles. The van der Waals surface area contributed by atoms with E-state index in [-0.39, 0.29) is 11.7 Å². The average molecular weight is 387 g/mol. The maximum atomic E-state index is 12.0. The van der Waals surface area contributed by atoms with Gasteiger partial charge in [0.15, 0.2) is 6.61 Å². The summed E-state index contributed by atoms with van der Waals surface area (Å²) in [4.78, 5) is 35.4. The van der Waals surface area contributed by atoms with Crippen molar-refractivity contribution in [1.82, 2.24) is 5.32 Å². The molecule has 3 rings (SSSR count). The van der Waals surface area contributed by atoms with E-state index in [2.05, 4.69) is 10.6 Å². The topological polar surface area (TPSA) is 97.6 Å². The van der Waals surface area contributed by atoms with Crippen molar-refractivity contribution in [2.75, 3.05) is 19.0 Å². The van der Waals surface area contributed by atoms with Crippen LogP contribution in [0.5, 0.6) is 0 Å². The Hall–Kier alpha value is -3.32. The smallest absolute Gasteiger partial charge is 0.374 e. The van der Waals surface area contributed by atoms with Crippen LogP contribution in [0.1, 0.15) is 20.9 Å². The van der Waals surface area contributed by atoms with E-state index in [4.69, 9.17) is 20.8 Å². The molecule has 0 saturated heterocycles. The second-order valence-electron chi connectivity index (χ2n) is 5.57. The van der Waals surface area contributed by atoms with Crippen LogP contribution in [0.2, 0.25) is 5.02 Å². The second-order valence-corrected chi connectivity index (χ2v) is 6.01. The molecule has 0 unspecified atom stereocenters. The first-order valence-corrected chi connectivity index (χ1v) is 8.32. The normalized spacial score (nSPS) is 10.4. The zero-order valence-electron chi connectivity index (χ0n) is 14.2. The van der Waals surface area contributed by atoms with Crippen LogP contribution >= 0.6 is 11.6 Å². The number of hydrogen-bond acceptors (Lipinski definition) is 5. The van der Waals surface area contributed by atoms with Gasteiger partial charge in [0.25, 0.3) is 11.8 Å². The van der Waals surface area contributed by atoms with Crippen molar-refractivity contribution in [2.45, 2.75) is 0 Å². The van der Waals surface area contributed by atoms with E-state index >= 15 is 0 Å². The third kappa shape index (κ3) is 4.45. The molecular weight excluding hydrogens is 372 g/mol. The number of carbonyl (C=O) groups excluding carboxylic acids is 3. The van der Waals surface area contributed by atoms with Crippen molar-refractivity contribution in [1.29, 1.82) is 0 Å². The molecule has 138 valence electrons. The predicted octanol–water partition coefficient (Wildman–Crippen LogP) is 3.24. The van der Waals surface area contributed by atoms with Crippen LogP contribution in [-0.2, 0) is 9.53 Å². The number of benzene rings is 2. The Morgan fingerprint density at radius 3 is 2.52 bits per heavy atom. The number of hydrogen-bond donors (Lipinski definition) is 2. The van der Waals surface area contributed by atoms with Gasteiger partial charge in [0.2, 0.25) is 5.76 Å². The lowest BCUT2D eigenvalue weighted by atomic mass is 10.2. The average Bonchev–Trinajstić information content (AvgIpc) is 3.09. The third-order valence-electron chi connectivity index (χ3n) is 3.67. The molecule has 3 aromatic rings. The Kier molecular flexibility index (Phi) is 5.42. The summed E-state index contributed by atoms with van der Waals surface area (Å²) >= 11 is 5.89. The van der Waals surface area contributed by atoms with Gasteiger partial charge in [-0.15, -0.1) is 0 Å². The molecule has 2 N–H and O–H groups in total. The highest BCUT2D eigenvalue weighted by Crippen LogP contribution is 2.23. The van der Waals surface area contributed by atoms with Crippen LogP contribution in [0.15, 0.2) is 52.9 Å². The van der Waals surface area contributed by atoms with Crippen molar-refractivity contribution in [3.8, 4) is 0 Å². The van der Waals surface area contributed by atoms with Gasteiger partial charge in [-0.2, -0.15) is 0 Å². The van der Waals surface area contributed by atoms with Gasteiger partial charge in [-0.1, -0.05) is 11.6 Å². The van der Waals surface area contributed by atoms with Gasteiger partial charge in [0, 0.05) is 28.7 Å². The molecule has 8 heteroatoms. The number of nitrogens with one attached hydrogen (secondary N) is 2. The molecule has 7 nitrogen and oxygen atoms in total. The summed E-state index contributed by atoms with van der Waals surface area (Å²) in [6.45, 7) is -0.478. The lowest BCUT2D eigenvalue weighted by Crippen LogP contribution is -2.21. The monoisotopic (exact) mass is 386 g/mol. The summed E-state index contributed by atoms with van der Waals surface area (Å²) in [5.74, 6) is -1.52. The van der Waals surface area contributed by atoms with E-state index in [1.165, 1.54) is 13.1 Å². The maximum Gasteiger partial charge on any atom is 0.374 e. The number of amides is 2. The highest BCUT2D eigenvalue weighted by atomic mass is 35.5. The van der Waals surface area contributed by atoms with Crippen LogP contribution in [0.4, 0.5) is 5.69 Å². The summed E-state index contributed by atoms with van der Waals surface area (Å²) < 4.78 is 10.3. The van der Waals surface area contributed by atoms with Crippen molar-refractivity contribution in [3.63, 3.8) is 0 Å². The van der Waals surface area contributed by atoms with E-state index in [0.717, 1.165) is 0 Å². The van der Waals surface area contributed by atoms with Crippen LogP contribution < -0.4 is 10.6 Å². The highest BCUT2D eigenvalue weighted by molar-refractivity contribution is 6.31. The van der Waals surface area contributed by atoms with Gasteiger partial charge in [-0.3, -0.25) is 9.59 Å². The van der Waals surface area contributed by atoms with E-state index in [0.29, 0.717) is 27.2 Å². The SMILES string of the molecule is CNC(=O)c1ccc(NC(=O)COC(=O)c2cc3cc(Cl)ccc3o2)cc1. The number of ether oxygens (including phenoxy) is 1. The predicted molar refractivity (Wildman–Crippen MR) is 100.0 cm³/mol. The van der Waals surface area contributed by atoms with Crippen molar-refractivity contribution >= 4 is 46.0 Å². The minimum Gasteiger partial charge on any atom is -0.450 e. The number of anilines is 1. The van der Waals surface area contributed by atoms with Crippen LogP contribution in [-0.4, -0.2) is 31.4 Å². The van der Waals surface area contributed by atoms with Crippen LogP contribution in [0.3, 0.4) is 0 Å². The maximum absolute atomic E-state index is 12.0. The van der Waals surface area contributed by atoms with E-state index in [1.54, 1.807) is 42.5 Å². The van der Waals surface area contributed by atoms with E-state index in [1.807, 2.05) is 0 Å². The Morgan fingerprint density at radius 2 is 1.81 bits per heavy atom. The molecule has 0 aliphatic carbocycles. The number of carbonyl (C=O) groups is 3. The molecule has 27 heavy (non-hydrogen) atoms. The number of rotatable bonds is 5. The number of furan rings is 1. The summed E-state index contributed by atoms with van der Waals surface area (Å²) in [6.07, 6.45) is 0. The molecule has 0 bridgehead atoms. The van der Waals surface area contributed by atoms with Crippen LogP contribution in [0, 0.1) is 0 Å². The fourth-order valence-electron chi connectivity index (χ4n) is 2.36. The van der Waals surface area contributed by atoms with Crippen molar-refractivity contribution < 1.29 is 23.5 Å². The van der Waals surface area contributed by atoms with Crippen molar-refractivity contribution in [3.05, 3.63) is 64.9 Å². The molecular formula is C19H15ClN2O5. The summed E-state index contributed by atoms with van der Waals surface area (Å²) in [5.41, 5.74) is 1.43. The molecule has 0 aliphatic rings. The largest absolute Gasteiger partial charge is 0.450 e. The molecule has 1 heterocycles. The quantitative estimate of drug-likeness (QED) is 0.656. The molecule has 0 aliphatic heterocycles. The Bertz CT molecular complexity index is 1010. The summed E-state index contributed by atoms with van der Waals surface area (Å²) in [6, 6.07) is 12.7. The molecule has 0 fully saturated rings. The Balaban J connectivity index is 1.56. The summed E-state index contributed by atoms with van der Waals surface area (Å²) in [7, 11) is 1.53. The van der Waals surface area contributed by atoms with Gasteiger partial charge in [0.1, 0.15) is 5.58 Å². The lowest BCUT2D eigenvalue weighted by Gasteiger charge is -2.06. The van der Waals surface area contributed by atoms with Crippen LogP contribution in [0.25, 0.3) is 11.0 Å². The fourth-order valence-corrected chi connectivity index (χ4v) is 2.54. The van der Waals surface area contributed by atoms with E-state index in [9.17, 15) is 14.4 Å². The zero-order valence-corrected chi connectivity index (χ0v) is 15.0. The van der Waals surface area contributed by atoms with Gasteiger partial charge >= 0.3 is 5.97 Å². The minimum atomic E-state index is -0.757. The van der Waals surface area contributed by atoms with Gasteiger partial charge in [-0.05, 0) is 48.5 Å². The lowest BCUT2D eigenvalue weighted by molar-refractivity contribution is -0.119. The van der Waals surface area contributed by atoms with Gasteiger partial charge in [0.05, 0.1) is 0 Å². The first kappa shape index (κ1) is 18.5. The third-order valence-corrected chi connectivity index (χ3v) is 3.91. The number of halogens is 1. The molecule has 0 spiro atoms. The fraction of sp³-hybridized carbons (Fsp3) is 0.105. The number of fused-ring (bicyclic) bond motifs is 1. The molecule has 2 amide bonds. The summed E-state index contributed by atoms with van der Waals surface area (Å²) in [5, 5.41) is 6.25.